The number of halogens is 2. The van der Waals surface area contributed by atoms with Crippen LogP contribution in [0.15, 0.2) is 144 Å². The van der Waals surface area contributed by atoms with Crippen LogP contribution in [0.4, 0.5) is 11.4 Å². The van der Waals surface area contributed by atoms with Crippen LogP contribution in [-0.4, -0.2) is 102 Å². The molecule has 0 unspecified atom stereocenters. The quantitative estimate of drug-likeness (QED) is 0.110. The van der Waals surface area contributed by atoms with E-state index in [1.807, 2.05) is 85.9 Å². The predicted octanol–water partition coefficient (Wildman–Crippen LogP) is 9.18. The third-order valence-electron chi connectivity index (χ3n) is 15.3. The predicted molar refractivity (Wildman–Crippen MR) is 318 cm³/mol. The molecule has 4 bridgehead atoms. The molecule has 436 valence electrons. The maximum Gasteiger partial charge on any atom is 0.358 e. The summed E-state index contributed by atoms with van der Waals surface area (Å²) in [4.78, 5) is 94.5. The van der Waals surface area contributed by atoms with E-state index in [4.69, 9.17) is 23.2 Å². The van der Waals surface area contributed by atoms with Crippen LogP contribution in [-0.2, 0) is 23.7 Å². The molecular weight excluding hydrogens is 1140 g/mol. The highest BCUT2D eigenvalue weighted by atomic mass is 35.5. The standard InChI is InChI=1S/2C30H27ClN8O4/c1-17-4-3-5-26(23-12-18(8-10-32-23)28-21(34-29(17)41)9-11-37(28)2)38-16-33-22(14-27(38)40)20-13-19(31)6-7-25(20)39-15-24(30(42)43)35-36-39;1-17-4-3-5-25(18-8-10-32-23(12-18)28-21(34-29(17)41)9-11-37(28)2)38-16-33-22(14-27(38)40)20-13-19(31)6-7-26(20)39-15-24(30(42)43)35-36-39/h6-17,26H,3-5H2,1-2H3,(H,34,41)(H,42,43);6-17,25H,3-5H2,1-2H3,(H,34,41)(H,42,43)/t17-,26+;17-,25+/m11/s1. The van der Waals surface area contributed by atoms with Gasteiger partial charge in [-0.1, -0.05) is 60.3 Å². The van der Waals surface area contributed by atoms with E-state index in [-0.39, 0.29) is 52.2 Å². The van der Waals surface area contributed by atoms with Gasteiger partial charge in [0.05, 0.1) is 94.0 Å². The van der Waals surface area contributed by atoms with Crippen molar-refractivity contribution in [3.63, 3.8) is 0 Å². The summed E-state index contributed by atoms with van der Waals surface area (Å²) >= 11 is 12.6. The number of nitrogens with one attached hydrogen (secondary N) is 2. The van der Waals surface area contributed by atoms with Gasteiger partial charge in [-0.25, -0.2) is 28.9 Å². The first-order chi connectivity index (χ1) is 41.4. The fourth-order valence-corrected chi connectivity index (χ4v) is 11.1. The summed E-state index contributed by atoms with van der Waals surface area (Å²) in [6, 6.07) is 23.3. The molecular formula is C60H54Cl2N16O8. The third-order valence-corrected chi connectivity index (χ3v) is 15.8. The van der Waals surface area contributed by atoms with Crippen molar-refractivity contribution < 1.29 is 29.4 Å². The Bertz CT molecular complexity index is 4130. The van der Waals surface area contributed by atoms with Crippen molar-refractivity contribution >= 4 is 58.3 Å². The Labute approximate surface area is 499 Å². The highest BCUT2D eigenvalue weighted by Gasteiger charge is 2.27. The Kier molecular flexibility index (Phi) is 16.2. The van der Waals surface area contributed by atoms with Crippen LogP contribution in [0.5, 0.6) is 0 Å². The summed E-state index contributed by atoms with van der Waals surface area (Å²) in [7, 11) is 3.81. The molecule has 0 aliphatic carbocycles. The van der Waals surface area contributed by atoms with Gasteiger partial charge in [-0.05, 0) is 104 Å². The monoisotopic (exact) mass is 1200 g/mol. The molecule has 10 heterocycles. The van der Waals surface area contributed by atoms with Gasteiger partial charge in [-0.2, -0.15) is 0 Å². The number of carboxylic acid groups (broad SMARTS) is 2. The molecule has 12 rings (SSSR count). The summed E-state index contributed by atoms with van der Waals surface area (Å²) in [5.74, 6) is -2.99. The third kappa shape index (κ3) is 11.8. The second-order valence-corrected chi connectivity index (χ2v) is 21.9. The largest absolute Gasteiger partial charge is 0.476 e. The van der Waals surface area contributed by atoms with E-state index in [1.165, 1.54) is 46.5 Å². The van der Waals surface area contributed by atoms with Crippen LogP contribution >= 0.6 is 23.2 Å². The van der Waals surface area contributed by atoms with E-state index in [9.17, 15) is 39.0 Å². The van der Waals surface area contributed by atoms with Crippen molar-refractivity contribution in [3.05, 3.63) is 188 Å². The number of carbonyl (C=O) groups is 4. The highest BCUT2D eigenvalue weighted by molar-refractivity contribution is 6.31. The molecule has 2 aliphatic rings. The number of anilines is 2. The molecule has 2 aliphatic heterocycles. The average Bonchev–Trinajstić information content (AvgIpc) is 3.78. The Morgan fingerprint density at radius 3 is 1.58 bits per heavy atom. The average molecular weight is 1200 g/mol. The topological polar surface area (TPSA) is 300 Å². The molecule has 86 heavy (non-hydrogen) atoms. The number of hydrogen-bond acceptors (Lipinski definition) is 14. The lowest BCUT2D eigenvalue weighted by molar-refractivity contribution is -0.120. The number of fused-ring (bicyclic) bond motifs is 8. The first kappa shape index (κ1) is 57.6. The first-order valence-corrected chi connectivity index (χ1v) is 28.1. The van der Waals surface area contributed by atoms with Crippen molar-refractivity contribution in [3.8, 4) is 56.5 Å². The van der Waals surface area contributed by atoms with Gasteiger partial charge in [-0.3, -0.25) is 38.3 Å². The number of amides is 2. The lowest BCUT2D eigenvalue weighted by atomic mass is 9.95. The zero-order chi connectivity index (χ0) is 60.5. The van der Waals surface area contributed by atoms with E-state index < -0.39 is 18.0 Å². The molecule has 10 aromatic rings. The molecule has 0 spiro atoms. The van der Waals surface area contributed by atoms with E-state index in [1.54, 1.807) is 57.9 Å². The molecule has 4 atom stereocenters. The zero-order valence-electron chi connectivity index (χ0n) is 46.6. The normalized spacial score (nSPS) is 17.0. The number of aromatic carboxylic acids is 2. The van der Waals surface area contributed by atoms with Crippen molar-refractivity contribution in [2.75, 3.05) is 10.6 Å². The fraction of sp³-hybridized carbons (Fsp3) is 0.233. The minimum Gasteiger partial charge on any atom is -0.476 e. The molecule has 2 aromatic carbocycles. The zero-order valence-corrected chi connectivity index (χ0v) is 48.1. The lowest BCUT2D eigenvalue weighted by Crippen LogP contribution is -2.27. The Morgan fingerprint density at radius 1 is 0.558 bits per heavy atom. The molecule has 24 nitrogen and oxygen atoms in total. The maximum atomic E-state index is 13.7. The molecule has 0 fully saturated rings. The number of aryl methyl sites for hydroxylation is 2. The number of benzene rings is 2. The van der Waals surface area contributed by atoms with Gasteiger partial charge in [0.1, 0.15) is 0 Å². The molecule has 2 amide bonds. The molecule has 0 radical (unpaired) electrons. The molecule has 0 saturated carbocycles. The van der Waals surface area contributed by atoms with Crippen LogP contribution in [0.1, 0.15) is 96.7 Å². The Hall–Kier alpha value is -10.2. The SMILES string of the molecule is C[C@@H]1CCC[C@H](n2cnc(-c3cc(Cl)ccc3-n3cc(C(=O)O)nn3)cc2=O)c2cc(ccn2)-c2c(ccn2C)NC1=O.C[C@@H]1CCC[C@H](n2cnc(-c3cc(Cl)ccc3-n3cc(C(=O)O)nn3)cc2=O)c2ccnc(c2)-c2c(ccn2C)NC1=O. The van der Waals surface area contributed by atoms with Gasteiger partial charge in [-0.15, -0.1) is 10.2 Å². The fourth-order valence-electron chi connectivity index (χ4n) is 10.8. The molecule has 0 saturated heterocycles. The summed E-state index contributed by atoms with van der Waals surface area (Å²) in [6.45, 7) is 3.80. The van der Waals surface area contributed by atoms with Crippen LogP contribution in [0.2, 0.25) is 10.0 Å². The number of aromatic nitrogens is 14. The van der Waals surface area contributed by atoms with Gasteiger partial charge in [0.25, 0.3) is 11.1 Å². The van der Waals surface area contributed by atoms with Crippen molar-refractivity contribution in [2.24, 2.45) is 25.9 Å². The molecule has 4 N–H and O–H groups in total. The van der Waals surface area contributed by atoms with E-state index in [2.05, 4.69) is 51.2 Å². The summed E-state index contributed by atoms with van der Waals surface area (Å²) in [5.41, 5.74) is 7.66. The number of carboxylic acids is 2. The van der Waals surface area contributed by atoms with Crippen LogP contribution in [0.25, 0.3) is 56.5 Å². The first-order valence-electron chi connectivity index (χ1n) is 27.3. The van der Waals surface area contributed by atoms with Gasteiger partial charge >= 0.3 is 11.9 Å². The maximum absolute atomic E-state index is 13.7. The van der Waals surface area contributed by atoms with E-state index in [0.29, 0.717) is 99.5 Å². The summed E-state index contributed by atoms with van der Waals surface area (Å²) in [5, 5.41) is 40.7. The summed E-state index contributed by atoms with van der Waals surface area (Å²) < 4.78 is 9.61. The second-order valence-electron chi connectivity index (χ2n) is 21.1. The van der Waals surface area contributed by atoms with Gasteiger partial charge in [0, 0.05) is 89.6 Å². The smallest absolute Gasteiger partial charge is 0.358 e. The number of pyridine rings is 2. The number of nitrogens with zero attached hydrogens (tertiary/aromatic N) is 14. The molecule has 8 aromatic heterocycles. The van der Waals surface area contributed by atoms with Gasteiger partial charge in [0.2, 0.25) is 11.8 Å². The van der Waals surface area contributed by atoms with Crippen LogP contribution < -0.4 is 21.8 Å². The minimum absolute atomic E-state index is 0.0535. The summed E-state index contributed by atoms with van der Waals surface area (Å²) in [6.07, 6.45) is 16.5. The van der Waals surface area contributed by atoms with Crippen molar-refractivity contribution in [2.45, 2.75) is 64.5 Å². The Morgan fingerprint density at radius 2 is 1.06 bits per heavy atom. The highest BCUT2D eigenvalue weighted by Crippen LogP contribution is 2.36. The van der Waals surface area contributed by atoms with Gasteiger partial charge < -0.3 is 30.0 Å². The van der Waals surface area contributed by atoms with Crippen LogP contribution in [0.3, 0.4) is 0 Å². The van der Waals surface area contributed by atoms with Crippen molar-refractivity contribution in [1.82, 2.24) is 68.2 Å². The van der Waals surface area contributed by atoms with Gasteiger partial charge in [0.15, 0.2) is 11.4 Å². The Balaban J connectivity index is 0.000000179. The number of carbonyl (C=O) groups excluding carboxylic acids is 2. The van der Waals surface area contributed by atoms with E-state index >= 15 is 0 Å². The van der Waals surface area contributed by atoms with Crippen molar-refractivity contribution in [1.29, 1.82) is 0 Å². The number of rotatable bonds is 8. The lowest BCUT2D eigenvalue weighted by Gasteiger charge is -2.23. The van der Waals surface area contributed by atoms with E-state index in [0.717, 1.165) is 28.2 Å². The minimum atomic E-state index is -1.21. The number of hydrogen-bond donors (Lipinski definition) is 4. The second kappa shape index (κ2) is 24.2. The van der Waals surface area contributed by atoms with Crippen LogP contribution in [0, 0.1) is 11.8 Å². The molecule has 26 heteroatoms.